The fourth-order valence-electron chi connectivity index (χ4n) is 4.43. The standard InChI is InChI=1S/C24H33N5O3S/c1-31-23(25)17-7-9-18(10-8-17)27-24-26-13-11-22(28-24)29-14-12-19-20(29)5-3-6-21(19)32-15-4-16-33(2)30/h3,5-6,11-14,17-18,23H,4,7-10,15-16,25H2,1-2H3,(H,26,27,28). The lowest BCUT2D eigenvalue weighted by Crippen LogP contribution is -2.37. The van der Waals surface area contributed by atoms with E-state index >= 15 is 0 Å². The number of aromatic nitrogens is 3. The molecule has 3 N–H and O–H groups in total. The van der Waals surface area contributed by atoms with Crippen LogP contribution in [0.4, 0.5) is 5.95 Å². The molecule has 4 rings (SSSR count). The van der Waals surface area contributed by atoms with Crippen molar-refractivity contribution in [1.29, 1.82) is 0 Å². The van der Waals surface area contributed by atoms with Crippen LogP contribution in [0.25, 0.3) is 16.7 Å². The molecule has 33 heavy (non-hydrogen) atoms. The highest BCUT2D eigenvalue weighted by Crippen LogP contribution is 2.30. The van der Waals surface area contributed by atoms with E-state index in [0.29, 0.717) is 30.3 Å². The molecule has 8 nitrogen and oxygen atoms in total. The van der Waals surface area contributed by atoms with Gasteiger partial charge in [-0.25, -0.2) is 4.98 Å². The second-order valence-electron chi connectivity index (χ2n) is 8.55. The van der Waals surface area contributed by atoms with Crippen molar-refractivity contribution in [2.24, 2.45) is 11.7 Å². The second kappa shape index (κ2) is 11.1. The molecule has 0 amide bonds. The molecule has 1 fully saturated rings. The Labute approximate surface area is 197 Å². The molecule has 0 bridgehead atoms. The van der Waals surface area contributed by atoms with E-state index in [1.54, 1.807) is 19.6 Å². The Bertz CT molecular complexity index is 1080. The van der Waals surface area contributed by atoms with Crippen LogP contribution in [0.1, 0.15) is 32.1 Å². The van der Waals surface area contributed by atoms with E-state index in [2.05, 4.69) is 16.4 Å². The number of methoxy groups -OCH3 is 1. The topological polar surface area (TPSA) is 104 Å². The Balaban J connectivity index is 1.44. The molecule has 1 aliphatic carbocycles. The summed E-state index contributed by atoms with van der Waals surface area (Å²) in [5.41, 5.74) is 7.05. The molecule has 2 unspecified atom stereocenters. The molecular formula is C24H33N5O3S. The van der Waals surface area contributed by atoms with Crippen LogP contribution in [0.15, 0.2) is 42.7 Å². The van der Waals surface area contributed by atoms with Crippen LogP contribution in [0.2, 0.25) is 0 Å². The van der Waals surface area contributed by atoms with E-state index in [4.69, 9.17) is 20.2 Å². The van der Waals surface area contributed by atoms with E-state index in [0.717, 1.165) is 54.6 Å². The van der Waals surface area contributed by atoms with Gasteiger partial charge in [-0.15, -0.1) is 0 Å². The molecule has 1 aliphatic rings. The number of nitrogens with one attached hydrogen (secondary N) is 1. The second-order valence-corrected chi connectivity index (χ2v) is 10.1. The average Bonchev–Trinajstić information content (AvgIpc) is 3.27. The quantitative estimate of drug-likeness (QED) is 0.345. The van der Waals surface area contributed by atoms with E-state index < -0.39 is 10.8 Å². The minimum atomic E-state index is -0.797. The molecule has 0 spiro atoms. The summed E-state index contributed by atoms with van der Waals surface area (Å²) >= 11 is 0. The Hall–Kier alpha value is -2.49. The van der Waals surface area contributed by atoms with Gasteiger partial charge in [0, 0.05) is 53.7 Å². The van der Waals surface area contributed by atoms with Gasteiger partial charge in [0.1, 0.15) is 17.8 Å². The van der Waals surface area contributed by atoms with Crippen molar-refractivity contribution in [3.63, 3.8) is 0 Å². The summed E-state index contributed by atoms with van der Waals surface area (Å²) < 4.78 is 24.6. The number of ether oxygens (including phenoxy) is 2. The monoisotopic (exact) mass is 471 g/mol. The van der Waals surface area contributed by atoms with Gasteiger partial charge >= 0.3 is 0 Å². The average molecular weight is 472 g/mol. The van der Waals surface area contributed by atoms with Gasteiger partial charge in [0.15, 0.2) is 0 Å². The third-order valence-electron chi connectivity index (χ3n) is 6.26. The molecule has 1 aromatic carbocycles. The van der Waals surface area contributed by atoms with Gasteiger partial charge in [-0.3, -0.25) is 4.21 Å². The van der Waals surface area contributed by atoms with Crippen molar-refractivity contribution in [2.75, 3.05) is 31.0 Å². The highest BCUT2D eigenvalue weighted by Gasteiger charge is 2.26. The summed E-state index contributed by atoms with van der Waals surface area (Å²) in [6.45, 7) is 0.545. The number of rotatable bonds is 10. The number of benzene rings is 1. The lowest BCUT2D eigenvalue weighted by Gasteiger charge is -2.31. The van der Waals surface area contributed by atoms with Crippen LogP contribution < -0.4 is 15.8 Å². The van der Waals surface area contributed by atoms with E-state index in [-0.39, 0.29) is 6.23 Å². The van der Waals surface area contributed by atoms with E-state index in [9.17, 15) is 4.21 Å². The molecule has 2 atom stereocenters. The number of nitrogens with zero attached hydrogens (tertiary/aromatic N) is 3. The zero-order valence-corrected chi connectivity index (χ0v) is 20.1. The third-order valence-corrected chi connectivity index (χ3v) is 7.12. The largest absolute Gasteiger partial charge is 0.493 e. The fraction of sp³-hybridized carbons (Fsp3) is 0.500. The van der Waals surface area contributed by atoms with Crippen molar-refractivity contribution < 1.29 is 13.7 Å². The van der Waals surface area contributed by atoms with Gasteiger partial charge in [-0.2, -0.15) is 4.98 Å². The predicted molar refractivity (Wildman–Crippen MR) is 132 cm³/mol. The molecule has 0 radical (unpaired) electrons. The maximum Gasteiger partial charge on any atom is 0.224 e. The minimum Gasteiger partial charge on any atom is -0.493 e. The third kappa shape index (κ3) is 5.90. The minimum absolute atomic E-state index is 0.183. The SMILES string of the molecule is COC(N)C1CCC(Nc2nccc(-n3ccc4c(OCCCS(C)=O)cccc43)n2)CC1. The van der Waals surface area contributed by atoms with Crippen LogP contribution >= 0.6 is 0 Å². The first-order chi connectivity index (χ1) is 16.0. The summed E-state index contributed by atoms with van der Waals surface area (Å²) in [6, 6.07) is 10.3. The van der Waals surface area contributed by atoms with E-state index in [1.807, 2.05) is 35.0 Å². The Morgan fingerprint density at radius 3 is 2.82 bits per heavy atom. The summed E-state index contributed by atoms with van der Waals surface area (Å²) in [4.78, 5) is 9.21. The van der Waals surface area contributed by atoms with Crippen molar-refractivity contribution in [3.05, 3.63) is 42.7 Å². The first-order valence-corrected chi connectivity index (χ1v) is 13.2. The molecule has 2 heterocycles. The normalized spacial score (nSPS) is 20.5. The summed E-state index contributed by atoms with van der Waals surface area (Å²) in [5, 5.41) is 4.52. The van der Waals surface area contributed by atoms with Crippen LogP contribution in [-0.2, 0) is 15.5 Å². The van der Waals surface area contributed by atoms with Crippen molar-refractivity contribution >= 4 is 27.7 Å². The van der Waals surface area contributed by atoms with Crippen LogP contribution in [0.3, 0.4) is 0 Å². The molecular weight excluding hydrogens is 438 g/mol. The highest BCUT2D eigenvalue weighted by atomic mass is 32.2. The molecule has 2 aromatic heterocycles. The number of fused-ring (bicyclic) bond motifs is 1. The molecule has 3 aromatic rings. The smallest absolute Gasteiger partial charge is 0.224 e. The number of hydrogen-bond donors (Lipinski definition) is 2. The maximum absolute atomic E-state index is 11.3. The van der Waals surface area contributed by atoms with Crippen molar-refractivity contribution in [3.8, 4) is 11.6 Å². The Kier molecular flexibility index (Phi) is 7.95. The van der Waals surface area contributed by atoms with Gasteiger partial charge in [0.2, 0.25) is 5.95 Å². The lowest BCUT2D eigenvalue weighted by atomic mass is 9.85. The summed E-state index contributed by atoms with van der Waals surface area (Å²) in [7, 11) is 0.874. The molecule has 9 heteroatoms. The lowest BCUT2D eigenvalue weighted by molar-refractivity contribution is 0.0401. The Morgan fingerprint density at radius 2 is 2.06 bits per heavy atom. The zero-order chi connectivity index (χ0) is 23.2. The summed E-state index contributed by atoms with van der Waals surface area (Å²) in [5.74, 6) is 3.32. The molecule has 178 valence electrons. The first-order valence-electron chi connectivity index (χ1n) is 11.5. The number of anilines is 1. The number of nitrogens with two attached hydrogens (primary N) is 1. The van der Waals surface area contributed by atoms with Gasteiger partial charge in [-0.05, 0) is 62.3 Å². The molecule has 0 aliphatic heterocycles. The van der Waals surface area contributed by atoms with Crippen LogP contribution in [0.5, 0.6) is 5.75 Å². The van der Waals surface area contributed by atoms with E-state index in [1.165, 1.54) is 0 Å². The number of hydrogen-bond acceptors (Lipinski definition) is 7. The van der Waals surface area contributed by atoms with Gasteiger partial charge < -0.3 is 25.1 Å². The molecule has 1 saturated carbocycles. The van der Waals surface area contributed by atoms with Crippen molar-refractivity contribution in [2.45, 2.75) is 44.4 Å². The maximum atomic E-state index is 11.3. The van der Waals surface area contributed by atoms with Gasteiger partial charge in [-0.1, -0.05) is 6.07 Å². The highest BCUT2D eigenvalue weighted by molar-refractivity contribution is 7.84. The van der Waals surface area contributed by atoms with Gasteiger partial charge in [0.05, 0.1) is 12.1 Å². The van der Waals surface area contributed by atoms with Crippen molar-refractivity contribution in [1.82, 2.24) is 14.5 Å². The van der Waals surface area contributed by atoms with Crippen LogP contribution in [0, 0.1) is 5.92 Å². The van der Waals surface area contributed by atoms with Crippen LogP contribution in [-0.4, -0.2) is 56.7 Å². The fourth-order valence-corrected chi connectivity index (χ4v) is 4.95. The Morgan fingerprint density at radius 1 is 1.24 bits per heavy atom. The zero-order valence-electron chi connectivity index (χ0n) is 19.3. The van der Waals surface area contributed by atoms with Gasteiger partial charge in [0.25, 0.3) is 0 Å². The first kappa shape index (κ1) is 23.7. The predicted octanol–water partition coefficient (Wildman–Crippen LogP) is 3.47. The molecule has 0 saturated heterocycles. The summed E-state index contributed by atoms with van der Waals surface area (Å²) in [6.07, 6.45) is 10.2.